The molecule has 1 unspecified atom stereocenters. The maximum atomic E-state index is 13.4. The van der Waals surface area contributed by atoms with Gasteiger partial charge in [0, 0.05) is 5.56 Å². The zero-order valence-corrected chi connectivity index (χ0v) is 14.6. The first-order chi connectivity index (χ1) is 13.1. The van der Waals surface area contributed by atoms with Crippen molar-refractivity contribution >= 4 is 23.6 Å². The van der Waals surface area contributed by atoms with Gasteiger partial charge in [-0.15, -0.1) is 0 Å². The first kappa shape index (κ1) is 23.3. The molecule has 0 spiro atoms. The second-order valence-electron chi connectivity index (χ2n) is 5.65. The maximum absolute atomic E-state index is 13.4. The lowest BCUT2D eigenvalue weighted by atomic mass is 9.93. The topological polar surface area (TPSA) is 192 Å². The Balaban J connectivity index is 2.81. The van der Waals surface area contributed by atoms with Crippen molar-refractivity contribution < 1.29 is 62.9 Å². The Kier molecular flexibility index (Phi) is 6.16. The van der Waals surface area contributed by atoms with Gasteiger partial charge in [-0.1, -0.05) is 11.6 Å². The van der Waals surface area contributed by atoms with E-state index in [0.717, 1.165) is 0 Å². The fourth-order valence-corrected chi connectivity index (χ4v) is 2.87. The molecule has 0 aliphatic carbocycles. The summed E-state index contributed by atoms with van der Waals surface area (Å²) in [6, 6.07) is 0.424. The number of rotatable bonds is 5. The van der Waals surface area contributed by atoms with E-state index in [0.29, 0.717) is 12.1 Å². The Morgan fingerprint density at radius 1 is 1.17 bits per heavy atom. The van der Waals surface area contributed by atoms with Gasteiger partial charge in [-0.2, -0.15) is 13.2 Å². The molecule has 0 radical (unpaired) electrons. The standard InChI is InChI=1S/C14H13ClF3NO10/c15-9-6(13(21,22)23)2-7-4(8(9)14(24,25)26)1-5(11(20)27-3-28-19)10(29-7)12(16,17)18/h1-2,10,21-26H,3,19H2. The number of hydrogen-bond donors (Lipinski definition) is 7. The molecule has 0 bridgehead atoms. The minimum atomic E-state index is -5.21. The number of aliphatic hydroxyl groups is 6. The Bertz CT molecular complexity index is 844. The van der Waals surface area contributed by atoms with Crippen LogP contribution in [0.15, 0.2) is 11.6 Å². The van der Waals surface area contributed by atoms with Gasteiger partial charge >= 0.3 is 24.1 Å². The van der Waals surface area contributed by atoms with Crippen LogP contribution in [-0.4, -0.2) is 55.7 Å². The number of fused-ring (bicyclic) bond motifs is 1. The summed E-state index contributed by atoms with van der Waals surface area (Å²) >= 11 is 5.73. The van der Waals surface area contributed by atoms with Crippen molar-refractivity contribution in [3.63, 3.8) is 0 Å². The third-order valence-electron chi connectivity index (χ3n) is 3.58. The van der Waals surface area contributed by atoms with Crippen LogP contribution in [-0.2, 0) is 26.3 Å². The molecule has 1 heterocycles. The fourth-order valence-electron chi connectivity index (χ4n) is 2.46. The van der Waals surface area contributed by atoms with E-state index in [1.165, 1.54) is 0 Å². The van der Waals surface area contributed by atoms with E-state index in [9.17, 15) is 48.6 Å². The van der Waals surface area contributed by atoms with Gasteiger partial charge in [-0.05, 0) is 12.1 Å². The van der Waals surface area contributed by atoms with Gasteiger partial charge in [0.15, 0.2) is 0 Å². The lowest BCUT2D eigenvalue weighted by Crippen LogP contribution is -2.42. The molecule has 0 fully saturated rings. The fraction of sp³-hybridized carbons (Fsp3) is 0.357. The minimum absolute atomic E-state index is 0.409. The van der Waals surface area contributed by atoms with Crippen molar-refractivity contribution in [1.82, 2.24) is 0 Å². The SMILES string of the molecule is NOCOC(=O)C1=Cc2c(cc(C(O)(O)O)c(Cl)c2C(O)(O)O)OC1C(F)(F)F. The summed E-state index contributed by atoms with van der Waals surface area (Å²) in [5, 5.41) is 55.5. The highest BCUT2D eigenvalue weighted by Crippen LogP contribution is 2.45. The van der Waals surface area contributed by atoms with Crippen molar-refractivity contribution in [2.45, 2.75) is 24.2 Å². The number of esters is 1. The first-order valence-electron chi connectivity index (χ1n) is 7.24. The Hall–Kier alpha value is -2.01. The molecule has 1 aromatic rings. The summed E-state index contributed by atoms with van der Waals surface area (Å²) in [4.78, 5) is 15.9. The molecule has 0 amide bonds. The molecule has 0 saturated carbocycles. The van der Waals surface area contributed by atoms with Crippen LogP contribution in [0.1, 0.15) is 16.7 Å². The first-order valence-corrected chi connectivity index (χ1v) is 7.62. The van der Waals surface area contributed by atoms with E-state index in [2.05, 4.69) is 20.2 Å². The summed E-state index contributed by atoms with van der Waals surface area (Å²) in [5.41, 5.74) is -4.38. The van der Waals surface area contributed by atoms with Gasteiger partial charge in [0.1, 0.15) is 5.75 Å². The van der Waals surface area contributed by atoms with Crippen LogP contribution >= 0.6 is 11.6 Å². The minimum Gasteiger partial charge on any atom is -0.475 e. The lowest BCUT2D eigenvalue weighted by molar-refractivity contribution is -0.327. The van der Waals surface area contributed by atoms with Crippen molar-refractivity contribution in [3.8, 4) is 5.75 Å². The number of carbonyl (C=O) groups is 1. The van der Waals surface area contributed by atoms with Gasteiger partial charge in [0.2, 0.25) is 12.9 Å². The lowest BCUT2D eigenvalue weighted by Gasteiger charge is -2.32. The number of halogens is 4. The number of nitrogens with two attached hydrogens (primary N) is 1. The Morgan fingerprint density at radius 2 is 1.76 bits per heavy atom. The Labute approximate surface area is 163 Å². The maximum Gasteiger partial charge on any atom is 0.430 e. The van der Waals surface area contributed by atoms with Crippen LogP contribution in [0.3, 0.4) is 0 Å². The molecular weight excluding hydrogens is 435 g/mol. The van der Waals surface area contributed by atoms with E-state index in [1.54, 1.807) is 0 Å². The van der Waals surface area contributed by atoms with Crippen molar-refractivity contribution in [2.24, 2.45) is 5.90 Å². The highest BCUT2D eigenvalue weighted by Gasteiger charge is 2.50. The predicted octanol–water partition coefficient (Wildman–Crippen LogP) is -1.39. The molecule has 11 nitrogen and oxygen atoms in total. The van der Waals surface area contributed by atoms with Crippen LogP contribution in [0, 0.1) is 0 Å². The molecule has 1 aliphatic heterocycles. The summed E-state index contributed by atoms with van der Waals surface area (Å²) < 4.78 is 49.1. The number of hydrogen-bond acceptors (Lipinski definition) is 11. The third-order valence-corrected chi connectivity index (χ3v) is 3.97. The van der Waals surface area contributed by atoms with Crippen molar-refractivity contribution in [1.29, 1.82) is 0 Å². The zero-order chi connectivity index (χ0) is 22.4. The monoisotopic (exact) mass is 447 g/mol. The van der Waals surface area contributed by atoms with Crippen LogP contribution in [0.5, 0.6) is 5.75 Å². The van der Waals surface area contributed by atoms with Crippen LogP contribution in [0.4, 0.5) is 13.2 Å². The van der Waals surface area contributed by atoms with Crippen molar-refractivity contribution in [3.05, 3.63) is 33.4 Å². The summed E-state index contributed by atoms with van der Waals surface area (Å²) in [7, 11) is 0. The normalized spacial score (nSPS) is 17.3. The largest absolute Gasteiger partial charge is 0.475 e. The molecule has 1 atom stereocenters. The van der Waals surface area contributed by atoms with E-state index in [1.807, 2.05) is 0 Å². The summed E-state index contributed by atoms with van der Waals surface area (Å²) in [6.07, 6.45) is -7.78. The third kappa shape index (κ3) is 4.77. The number of benzene rings is 1. The Morgan fingerprint density at radius 3 is 2.21 bits per heavy atom. The molecule has 29 heavy (non-hydrogen) atoms. The van der Waals surface area contributed by atoms with E-state index >= 15 is 0 Å². The van der Waals surface area contributed by atoms with Gasteiger partial charge < -0.3 is 40.1 Å². The number of ether oxygens (including phenoxy) is 2. The van der Waals surface area contributed by atoms with E-state index < -0.39 is 70.0 Å². The van der Waals surface area contributed by atoms with E-state index in [-0.39, 0.29) is 0 Å². The zero-order valence-electron chi connectivity index (χ0n) is 13.8. The molecule has 1 aromatic carbocycles. The molecule has 162 valence electrons. The van der Waals surface area contributed by atoms with Gasteiger partial charge in [0.05, 0.1) is 21.7 Å². The van der Waals surface area contributed by atoms with Gasteiger partial charge in [-0.3, -0.25) is 4.84 Å². The molecule has 15 heteroatoms. The predicted molar refractivity (Wildman–Crippen MR) is 82.8 cm³/mol. The summed E-state index contributed by atoms with van der Waals surface area (Å²) in [5.74, 6) is -5.60. The highest BCUT2D eigenvalue weighted by molar-refractivity contribution is 6.32. The van der Waals surface area contributed by atoms with Crippen LogP contribution < -0.4 is 10.6 Å². The smallest absolute Gasteiger partial charge is 0.430 e. The van der Waals surface area contributed by atoms with Crippen LogP contribution in [0.2, 0.25) is 5.02 Å². The van der Waals surface area contributed by atoms with Crippen molar-refractivity contribution in [2.75, 3.05) is 6.79 Å². The average molecular weight is 448 g/mol. The van der Waals surface area contributed by atoms with Gasteiger partial charge in [0.25, 0.3) is 0 Å². The number of alkyl halides is 3. The second kappa shape index (κ2) is 7.67. The van der Waals surface area contributed by atoms with Gasteiger partial charge in [-0.25, -0.2) is 10.7 Å². The molecule has 2 rings (SSSR count). The highest BCUT2D eigenvalue weighted by atomic mass is 35.5. The molecule has 0 saturated heterocycles. The molecular formula is C14H13ClF3NO10. The van der Waals surface area contributed by atoms with Crippen LogP contribution in [0.25, 0.3) is 6.08 Å². The van der Waals surface area contributed by atoms with E-state index in [4.69, 9.17) is 11.6 Å². The number of carbonyl (C=O) groups excluding carboxylic acids is 1. The summed E-state index contributed by atoms with van der Waals surface area (Å²) in [6.45, 7) is -0.938. The second-order valence-corrected chi connectivity index (χ2v) is 6.03. The molecule has 0 aromatic heterocycles. The molecule has 1 aliphatic rings. The molecule has 8 N–H and O–H groups in total. The quantitative estimate of drug-likeness (QED) is 0.160. The average Bonchev–Trinajstić information content (AvgIpc) is 2.54.